The number of anilines is 1. The molecule has 0 aliphatic heterocycles. The Labute approximate surface area is 120 Å². The summed E-state index contributed by atoms with van der Waals surface area (Å²) in [5.41, 5.74) is 0.575. The molecule has 0 fully saturated rings. The molecule has 0 atom stereocenters. The molecule has 1 aromatic heterocycles. The predicted octanol–water partition coefficient (Wildman–Crippen LogP) is 0.821. The number of rotatable bonds is 9. The van der Waals surface area contributed by atoms with Crippen LogP contribution in [0, 0.1) is 0 Å². The van der Waals surface area contributed by atoms with E-state index >= 15 is 0 Å². The quantitative estimate of drug-likeness (QED) is 0.701. The number of hydrogen-bond acceptors (Lipinski definition) is 5. The van der Waals surface area contributed by atoms with E-state index in [1.54, 1.807) is 19.4 Å². The van der Waals surface area contributed by atoms with Gasteiger partial charge in [-0.15, -0.1) is 0 Å². The highest BCUT2D eigenvalue weighted by Crippen LogP contribution is 2.04. The summed E-state index contributed by atoms with van der Waals surface area (Å²) in [5.74, 6) is 0.684. The van der Waals surface area contributed by atoms with E-state index in [-0.39, 0.29) is 5.91 Å². The van der Waals surface area contributed by atoms with Gasteiger partial charge in [-0.3, -0.25) is 4.79 Å². The maximum atomic E-state index is 11.9. The van der Waals surface area contributed by atoms with Gasteiger partial charge < -0.3 is 20.3 Å². The van der Waals surface area contributed by atoms with Crippen LogP contribution in [-0.2, 0) is 4.74 Å². The first-order chi connectivity index (χ1) is 9.67. The zero-order chi connectivity index (χ0) is 14.8. The molecule has 6 nitrogen and oxygen atoms in total. The fourth-order valence-corrected chi connectivity index (χ4v) is 1.64. The number of nitrogens with one attached hydrogen (secondary N) is 2. The maximum Gasteiger partial charge on any atom is 0.252 e. The Morgan fingerprint density at radius 1 is 1.40 bits per heavy atom. The van der Waals surface area contributed by atoms with Gasteiger partial charge in [0.1, 0.15) is 5.82 Å². The van der Waals surface area contributed by atoms with Crippen molar-refractivity contribution < 1.29 is 9.53 Å². The van der Waals surface area contributed by atoms with E-state index in [4.69, 9.17) is 4.74 Å². The molecule has 0 aliphatic rings. The molecule has 6 heteroatoms. The molecule has 1 rings (SSSR count). The monoisotopic (exact) mass is 280 g/mol. The van der Waals surface area contributed by atoms with Crippen LogP contribution in [0.2, 0.25) is 0 Å². The summed E-state index contributed by atoms with van der Waals surface area (Å²) < 4.78 is 5.00. The molecule has 112 valence electrons. The number of hydrogen-bond donors (Lipinski definition) is 2. The predicted molar refractivity (Wildman–Crippen MR) is 80.1 cm³/mol. The van der Waals surface area contributed by atoms with Crippen LogP contribution >= 0.6 is 0 Å². The first-order valence-corrected chi connectivity index (χ1v) is 6.83. The third-order valence-electron chi connectivity index (χ3n) is 2.84. The topological polar surface area (TPSA) is 66.5 Å². The van der Waals surface area contributed by atoms with Gasteiger partial charge in [-0.25, -0.2) is 4.98 Å². The van der Waals surface area contributed by atoms with Crippen molar-refractivity contribution in [3.63, 3.8) is 0 Å². The molecule has 1 amide bonds. The smallest absolute Gasteiger partial charge is 0.252 e. The number of ether oxygens (including phenoxy) is 1. The molecule has 2 N–H and O–H groups in total. The molecule has 0 unspecified atom stereocenters. The SMILES string of the molecule is CCNc1ccc(C(=O)NCCN(C)CCOC)cn1. The molecular formula is C14H24N4O2. The van der Waals surface area contributed by atoms with Crippen molar-refractivity contribution in [2.75, 3.05) is 52.3 Å². The van der Waals surface area contributed by atoms with Crippen LogP contribution in [0.1, 0.15) is 17.3 Å². The summed E-state index contributed by atoms with van der Waals surface area (Å²) in [7, 11) is 3.68. The van der Waals surface area contributed by atoms with Crippen molar-refractivity contribution in [1.82, 2.24) is 15.2 Å². The third-order valence-corrected chi connectivity index (χ3v) is 2.84. The highest BCUT2D eigenvalue weighted by atomic mass is 16.5. The molecule has 0 saturated heterocycles. The zero-order valence-corrected chi connectivity index (χ0v) is 12.5. The van der Waals surface area contributed by atoms with Crippen LogP contribution < -0.4 is 10.6 Å². The van der Waals surface area contributed by atoms with Gasteiger partial charge in [0.25, 0.3) is 5.91 Å². The summed E-state index contributed by atoms with van der Waals surface area (Å²) in [6.45, 7) is 5.76. The number of carbonyl (C=O) groups is 1. The van der Waals surface area contributed by atoms with Crippen molar-refractivity contribution in [3.8, 4) is 0 Å². The Balaban J connectivity index is 2.31. The molecule has 0 aliphatic carbocycles. The summed E-state index contributed by atoms with van der Waals surface area (Å²) in [4.78, 5) is 18.2. The molecule has 0 radical (unpaired) electrons. The lowest BCUT2D eigenvalue weighted by Crippen LogP contribution is -2.34. The minimum absolute atomic E-state index is 0.0966. The van der Waals surface area contributed by atoms with Gasteiger partial charge in [-0.2, -0.15) is 0 Å². The Morgan fingerprint density at radius 2 is 2.20 bits per heavy atom. The van der Waals surface area contributed by atoms with Crippen LogP contribution in [0.5, 0.6) is 0 Å². The van der Waals surface area contributed by atoms with E-state index in [1.807, 2.05) is 20.0 Å². The lowest BCUT2D eigenvalue weighted by Gasteiger charge is -2.16. The Morgan fingerprint density at radius 3 is 2.80 bits per heavy atom. The van der Waals surface area contributed by atoms with Crippen molar-refractivity contribution in [2.45, 2.75) is 6.92 Å². The molecule has 0 bridgehead atoms. The van der Waals surface area contributed by atoms with Crippen LogP contribution in [0.15, 0.2) is 18.3 Å². The van der Waals surface area contributed by atoms with E-state index in [0.29, 0.717) is 18.7 Å². The molecule has 0 aromatic carbocycles. The average molecular weight is 280 g/mol. The average Bonchev–Trinajstić information content (AvgIpc) is 2.46. The maximum absolute atomic E-state index is 11.9. The minimum Gasteiger partial charge on any atom is -0.383 e. The third kappa shape index (κ3) is 5.99. The summed E-state index contributed by atoms with van der Waals surface area (Å²) in [6, 6.07) is 3.58. The number of amides is 1. The highest BCUT2D eigenvalue weighted by molar-refractivity contribution is 5.94. The van der Waals surface area contributed by atoms with Gasteiger partial charge in [0, 0.05) is 39.5 Å². The number of likely N-dealkylation sites (N-methyl/N-ethyl adjacent to an activating group) is 1. The Hall–Kier alpha value is -1.66. The fourth-order valence-electron chi connectivity index (χ4n) is 1.64. The van der Waals surface area contributed by atoms with E-state index < -0.39 is 0 Å². The molecule has 0 spiro atoms. The van der Waals surface area contributed by atoms with Gasteiger partial charge in [-0.1, -0.05) is 0 Å². The summed E-state index contributed by atoms with van der Waals surface area (Å²) in [5, 5.41) is 5.97. The molecule has 1 heterocycles. The number of carbonyl (C=O) groups excluding carboxylic acids is 1. The number of nitrogens with zero attached hydrogens (tertiary/aromatic N) is 2. The van der Waals surface area contributed by atoms with Crippen LogP contribution in [0.4, 0.5) is 5.82 Å². The summed E-state index contributed by atoms with van der Waals surface area (Å²) in [6.07, 6.45) is 1.59. The van der Waals surface area contributed by atoms with E-state index in [1.165, 1.54) is 0 Å². The Kier molecular flexibility index (Phi) is 7.60. The number of pyridine rings is 1. The van der Waals surface area contributed by atoms with Crippen molar-refractivity contribution >= 4 is 11.7 Å². The van der Waals surface area contributed by atoms with Gasteiger partial charge >= 0.3 is 0 Å². The fraction of sp³-hybridized carbons (Fsp3) is 0.571. The first-order valence-electron chi connectivity index (χ1n) is 6.83. The van der Waals surface area contributed by atoms with Crippen LogP contribution in [0.3, 0.4) is 0 Å². The number of aromatic nitrogens is 1. The lowest BCUT2D eigenvalue weighted by molar-refractivity contribution is 0.0947. The molecular weight excluding hydrogens is 256 g/mol. The highest BCUT2D eigenvalue weighted by Gasteiger charge is 2.06. The molecule has 1 aromatic rings. The van der Waals surface area contributed by atoms with Crippen molar-refractivity contribution in [1.29, 1.82) is 0 Å². The van der Waals surface area contributed by atoms with E-state index in [9.17, 15) is 4.79 Å². The largest absolute Gasteiger partial charge is 0.383 e. The van der Waals surface area contributed by atoms with Gasteiger partial charge in [0.05, 0.1) is 12.2 Å². The number of methoxy groups -OCH3 is 1. The van der Waals surface area contributed by atoms with Crippen LogP contribution in [0.25, 0.3) is 0 Å². The van der Waals surface area contributed by atoms with E-state index in [2.05, 4.69) is 20.5 Å². The lowest BCUT2D eigenvalue weighted by atomic mass is 10.2. The second-order valence-corrected chi connectivity index (χ2v) is 4.51. The summed E-state index contributed by atoms with van der Waals surface area (Å²) >= 11 is 0. The van der Waals surface area contributed by atoms with E-state index in [0.717, 1.165) is 25.5 Å². The van der Waals surface area contributed by atoms with Crippen molar-refractivity contribution in [3.05, 3.63) is 23.9 Å². The van der Waals surface area contributed by atoms with Gasteiger partial charge in [0.2, 0.25) is 0 Å². The second kappa shape index (κ2) is 9.28. The van der Waals surface area contributed by atoms with Crippen molar-refractivity contribution in [2.24, 2.45) is 0 Å². The Bertz CT molecular complexity index is 395. The normalized spacial score (nSPS) is 10.6. The second-order valence-electron chi connectivity index (χ2n) is 4.51. The molecule has 0 saturated carbocycles. The standard InChI is InChI=1S/C14H24N4O2/c1-4-15-13-6-5-12(11-17-13)14(19)16-7-8-18(2)9-10-20-3/h5-6,11H,4,7-10H2,1-3H3,(H,15,17)(H,16,19). The van der Waals surface area contributed by atoms with Crippen LogP contribution in [-0.4, -0.2) is 62.7 Å². The first kappa shape index (κ1) is 16.4. The zero-order valence-electron chi connectivity index (χ0n) is 12.5. The minimum atomic E-state index is -0.0966. The molecule has 20 heavy (non-hydrogen) atoms. The van der Waals surface area contributed by atoms with Gasteiger partial charge in [-0.05, 0) is 26.1 Å². The van der Waals surface area contributed by atoms with Gasteiger partial charge in [0.15, 0.2) is 0 Å².